The Morgan fingerprint density at radius 1 is 1.19 bits per heavy atom. The largest absolute Gasteiger partial charge is 0.478 e. The number of nitro groups is 1. The molecule has 9 heteroatoms. The summed E-state index contributed by atoms with van der Waals surface area (Å²) < 4.78 is 5.61. The number of halogens is 1. The van der Waals surface area contributed by atoms with E-state index in [9.17, 15) is 14.9 Å². The van der Waals surface area contributed by atoms with Gasteiger partial charge in [-0.1, -0.05) is 11.6 Å². The van der Waals surface area contributed by atoms with Crippen LogP contribution in [0, 0.1) is 10.1 Å². The molecule has 1 heterocycles. The standard InChI is InChI=1S/C18H12ClN3O5/c19-16-7-3-12(9-15(16)18(23)24)21-20-10-14-6-8-17(27-14)11-1-4-13(5-2-11)22(25)26/h1-10,21H,(H,23,24)/b20-10-. The van der Waals surface area contributed by atoms with Gasteiger partial charge in [0.25, 0.3) is 5.69 Å². The van der Waals surface area contributed by atoms with Crippen molar-refractivity contribution in [3.8, 4) is 11.3 Å². The minimum atomic E-state index is -1.13. The summed E-state index contributed by atoms with van der Waals surface area (Å²) in [7, 11) is 0. The summed E-state index contributed by atoms with van der Waals surface area (Å²) in [6.45, 7) is 0. The second kappa shape index (κ2) is 7.71. The molecular weight excluding hydrogens is 374 g/mol. The number of hydrogen-bond donors (Lipinski definition) is 2. The second-order valence-corrected chi connectivity index (χ2v) is 5.78. The molecule has 3 rings (SSSR count). The highest BCUT2D eigenvalue weighted by Gasteiger charge is 2.09. The molecule has 3 aromatic rings. The number of furan rings is 1. The van der Waals surface area contributed by atoms with Crippen molar-refractivity contribution >= 4 is 35.2 Å². The summed E-state index contributed by atoms with van der Waals surface area (Å²) in [6, 6.07) is 13.8. The number of nitrogens with one attached hydrogen (secondary N) is 1. The number of anilines is 1. The highest BCUT2D eigenvalue weighted by molar-refractivity contribution is 6.33. The molecular formula is C18H12ClN3O5. The maximum Gasteiger partial charge on any atom is 0.337 e. The zero-order valence-electron chi connectivity index (χ0n) is 13.6. The molecule has 0 aliphatic rings. The van der Waals surface area contributed by atoms with Crippen LogP contribution < -0.4 is 5.43 Å². The molecule has 0 aliphatic heterocycles. The molecule has 0 amide bonds. The summed E-state index contributed by atoms with van der Waals surface area (Å²) in [4.78, 5) is 21.3. The second-order valence-electron chi connectivity index (χ2n) is 5.38. The maximum absolute atomic E-state index is 11.1. The SMILES string of the molecule is O=C(O)c1cc(N/N=C\c2ccc(-c3ccc([N+](=O)[O-])cc3)o2)ccc1Cl. The van der Waals surface area contributed by atoms with E-state index in [-0.39, 0.29) is 16.3 Å². The van der Waals surface area contributed by atoms with Gasteiger partial charge in [0.15, 0.2) is 0 Å². The Bertz CT molecular complexity index is 1030. The van der Waals surface area contributed by atoms with Crippen LogP contribution in [0.5, 0.6) is 0 Å². The lowest BCUT2D eigenvalue weighted by Gasteiger charge is -2.03. The molecule has 0 fully saturated rings. The summed E-state index contributed by atoms with van der Waals surface area (Å²) >= 11 is 5.81. The number of carboxylic acids is 1. The van der Waals surface area contributed by atoms with E-state index < -0.39 is 10.9 Å². The van der Waals surface area contributed by atoms with Crippen molar-refractivity contribution < 1.29 is 19.2 Å². The van der Waals surface area contributed by atoms with Crippen molar-refractivity contribution in [2.45, 2.75) is 0 Å². The first-order chi connectivity index (χ1) is 12.9. The number of nitro benzene ring substituents is 1. The quantitative estimate of drug-likeness (QED) is 0.362. The van der Waals surface area contributed by atoms with Crippen LogP contribution in [0.3, 0.4) is 0 Å². The van der Waals surface area contributed by atoms with Crippen molar-refractivity contribution in [1.82, 2.24) is 0 Å². The van der Waals surface area contributed by atoms with Crippen LogP contribution in [-0.2, 0) is 0 Å². The Morgan fingerprint density at radius 2 is 1.93 bits per heavy atom. The minimum absolute atomic E-state index is 0.0000122. The number of benzene rings is 2. The van der Waals surface area contributed by atoms with E-state index in [2.05, 4.69) is 10.5 Å². The third kappa shape index (κ3) is 4.31. The smallest absolute Gasteiger partial charge is 0.337 e. The third-order valence-corrected chi connectivity index (χ3v) is 3.90. The van der Waals surface area contributed by atoms with Crippen LogP contribution in [0.15, 0.2) is 64.1 Å². The molecule has 2 aromatic carbocycles. The molecule has 0 bridgehead atoms. The minimum Gasteiger partial charge on any atom is -0.478 e. The van der Waals surface area contributed by atoms with Gasteiger partial charge in [-0.05, 0) is 42.5 Å². The predicted octanol–water partition coefficient (Wildman–Crippen LogP) is 4.65. The van der Waals surface area contributed by atoms with E-state index in [0.29, 0.717) is 22.8 Å². The molecule has 1 aromatic heterocycles. The molecule has 0 spiro atoms. The summed E-state index contributed by atoms with van der Waals surface area (Å²) in [5.74, 6) is -0.152. The van der Waals surface area contributed by atoms with Crippen LogP contribution >= 0.6 is 11.6 Å². The summed E-state index contributed by atoms with van der Waals surface area (Å²) in [6.07, 6.45) is 1.42. The van der Waals surface area contributed by atoms with Crippen LogP contribution in [0.2, 0.25) is 5.02 Å². The average Bonchev–Trinajstić information content (AvgIpc) is 3.12. The van der Waals surface area contributed by atoms with Crippen molar-refractivity contribution in [2.75, 3.05) is 5.43 Å². The van der Waals surface area contributed by atoms with Gasteiger partial charge in [-0.2, -0.15) is 5.10 Å². The lowest BCUT2D eigenvalue weighted by atomic mass is 10.1. The first-order valence-electron chi connectivity index (χ1n) is 7.60. The van der Waals surface area contributed by atoms with E-state index in [1.165, 1.54) is 30.5 Å². The van der Waals surface area contributed by atoms with Crippen LogP contribution in [-0.4, -0.2) is 22.2 Å². The van der Waals surface area contributed by atoms with Gasteiger partial charge in [0.1, 0.15) is 11.5 Å². The molecule has 136 valence electrons. The molecule has 0 radical (unpaired) electrons. The van der Waals surface area contributed by atoms with Crippen LogP contribution in [0.1, 0.15) is 16.1 Å². The lowest BCUT2D eigenvalue weighted by molar-refractivity contribution is -0.384. The van der Waals surface area contributed by atoms with Crippen LogP contribution in [0.25, 0.3) is 11.3 Å². The average molecular weight is 386 g/mol. The number of nitrogens with zero attached hydrogens (tertiary/aromatic N) is 2. The first-order valence-corrected chi connectivity index (χ1v) is 7.98. The van der Waals surface area contributed by atoms with Crippen LogP contribution in [0.4, 0.5) is 11.4 Å². The number of hydrogen-bond acceptors (Lipinski definition) is 6. The fourth-order valence-electron chi connectivity index (χ4n) is 2.25. The van der Waals surface area contributed by atoms with E-state index in [0.717, 1.165) is 0 Å². The summed E-state index contributed by atoms with van der Waals surface area (Å²) in [5, 5.41) is 23.9. The zero-order valence-corrected chi connectivity index (χ0v) is 14.4. The molecule has 2 N–H and O–H groups in total. The van der Waals surface area contributed by atoms with Crippen molar-refractivity contribution in [3.63, 3.8) is 0 Å². The van der Waals surface area contributed by atoms with Gasteiger partial charge in [-0.3, -0.25) is 15.5 Å². The predicted molar refractivity (Wildman–Crippen MR) is 100 cm³/mol. The highest BCUT2D eigenvalue weighted by Crippen LogP contribution is 2.24. The maximum atomic E-state index is 11.1. The summed E-state index contributed by atoms with van der Waals surface area (Å²) in [5.41, 5.74) is 3.81. The van der Waals surface area contributed by atoms with Crippen molar-refractivity contribution in [3.05, 3.63) is 81.1 Å². The Hall–Kier alpha value is -3.65. The number of carbonyl (C=O) groups is 1. The van der Waals surface area contributed by atoms with E-state index in [1.54, 1.807) is 30.3 Å². The lowest BCUT2D eigenvalue weighted by Crippen LogP contribution is -1.99. The third-order valence-electron chi connectivity index (χ3n) is 3.57. The van der Waals surface area contributed by atoms with Gasteiger partial charge < -0.3 is 9.52 Å². The number of non-ortho nitro benzene ring substituents is 1. The van der Waals surface area contributed by atoms with Gasteiger partial charge >= 0.3 is 5.97 Å². The van der Waals surface area contributed by atoms with Crippen molar-refractivity contribution in [2.24, 2.45) is 5.10 Å². The highest BCUT2D eigenvalue weighted by atomic mass is 35.5. The van der Waals surface area contributed by atoms with Gasteiger partial charge in [-0.15, -0.1) is 0 Å². The fourth-order valence-corrected chi connectivity index (χ4v) is 2.45. The molecule has 0 saturated carbocycles. The van der Waals surface area contributed by atoms with E-state index in [1.807, 2.05) is 0 Å². The Labute approximate surface area is 157 Å². The van der Waals surface area contributed by atoms with Gasteiger partial charge in [0, 0.05) is 17.7 Å². The first kappa shape index (κ1) is 18.2. The number of aromatic carboxylic acids is 1. The normalized spacial score (nSPS) is 10.9. The molecule has 8 nitrogen and oxygen atoms in total. The molecule has 0 aliphatic carbocycles. The number of hydrazone groups is 1. The van der Waals surface area contributed by atoms with Gasteiger partial charge in [-0.25, -0.2) is 4.79 Å². The molecule has 27 heavy (non-hydrogen) atoms. The molecule has 0 unspecified atom stereocenters. The van der Waals surface area contributed by atoms with Crippen molar-refractivity contribution in [1.29, 1.82) is 0 Å². The van der Waals surface area contributed by atoms with Gasteiger partial charge in [0.2, 0.25) is 0 Å². The Morgan fingerprint density at radius 3 is 2.59 bits per heavy atom. The Balaban J connectivity index is 1.69. The van der Waals surface area contributed by atoms with E-state index >= 15 is 0 Å². The molecule has 0 saturated heterocycles. The number of carboxylic acid groups (broad SMARTS) is 1. The number of rotatable bonds is 6. The topological polar surface area (TPSA) is 118 Å². The monoisotopic (exact) mass is 385 g/mol. The van der Waals surface area contributed by atoms with Gasteiger partial charge in [0.05, 0.1) is 27.4 Å². The molecule has 0 atom stereocenters. The zero-order chi connectivity index (χ0) is 19.4. The Kier molecular flexibility index (Phi) is 5.18. The van der Waals surface area contributed by atoms with E-state index in [4.69, 9.17) is 21.1 Å². The fraction of sp³-hybridized carbons (Fsp3) is 0.